The van der Waals surface area contributed by atoms with Gasteiger partial charge in [0.05, 0.1) is 11.4 Å². The Hall–Kier alpha value is -6.90. The topological polar surface area (TPSA) is 25.8 Å². The molecule has 0 N–H and O–H groups in total. The minimum Gasteiger partial charge on any atom is -0.228 e. The number of benzene rings is 8. The molecule has 2 nitrogen and oxygen atoms in total. The first kappa shape index (κ1) is 32.7. The molecule has 0 spiro atoms. The van der Waals surface area contributed by atoms with Gasteiger partial charge in [0.1, 0.15) is 0 Å². The summed E-state index contributed by atoms with van der Waals surface area (Å²) in [6, 6.07) is 69.5. The molecule has 0 saturated heterocycles. The lowest BCUT2D eigenvalue weighted by Crippen LogP contribution is -2.14. The van der Waals surface area contributed by atoms with E-state index in [1.165, 1.54) is 60.8 Å². The molecule has 0 amide bonds. The molecule has 1 aromatic heterocycles. The monoisotopic (exact) mass is 702 g/mol. The van der Waals surface area contributed by atoms with Crippen LogP contribution in [0.25, 0.3) is 89.2 Å². The third-order valence-electron chi connectivity index (χ3n) is 11.3. The Bertz CT molecular complexity index is 2750. The van der Waals surface area contributed by atoms with Crippen LogP contribution >= 0.6 is 0 Å². The Labute approximate surface area is 322 Å². The van der Waals surface area contributed by atoms with E-state index in [1.807, 2.05) is 0 Å². The SMILES string of the molecule is CC1(C)c2cc3ccccc3cc2-c2c(-c3cccc(-c4nc(-c5ccc(-c6ccccc6)cc5)cc(-c5ccc(-c6ccccc6)cc5)n4)c3)cccc21. The van der Waals surface area contributed by atoms with Crippen LogP contribution in [0.15, 0.2) is 194 Å². The smallest absolute Gasteiger partial charge is 0.160 e. The van der Waals surface area contributed by atoms with E-state index in [2.05, 4.69) is 208 Å². The molecule has 0 aliphatic heterocycles. The van der Waals surface area contributed by atoms with E-state index in [9.17, 15) is 0 Å². The minimum atomic E-state index is -0.110. The second-order valence-corrected chi connectivity index (χ2v) is 15.0. The van der Waals surface area contributed by atoms with Gasteiger partial charge in [0.15, 0.2) is 5.82 Å². The quantitative estimate of drug-likeness (QED) is 0.172. The summed E-state index contributed by atoms with van der Waals surface area (Å²) in [7, 11) is 0. The van der Waals surface area contributed by atoms with E-state index >= 15 is 0 Å². The van der Waals surface area contributed by atoms with Crippen LogP contribution in [0.3, 0.4) is 0 Å². The lowest BCUT2D eigenvalue weighted by Gasteiger charge is -2.22. The van der Waals surface area contributed by atoms with Crippen molar-refractivity contribution in [2.75, 3.05) is 0 Å². The van der Waals surface area contributed by atoms with Gasteiger partial charge in [0, 0.05) is 22.1 Å². The van der Waals surface area contributed by atoms with E-state index in [0.29, 0.717) is 5.82 Å². The molecule has 9 aromatic rings. The highest BCUT2D eigenvalue weighted by molar-refractivity contribution is 5.99. The molecule has 0 unspecified atom stereocenters. The van der Waals surface area contributed by atoms with Crippen molar-refractivity contribution < 1.29 is 0 Å². The van der Waals surface area contributed by atoms with Gasteiger partial charge >= 0.3 is 0 Å². The summed E-state index contributed by atoms with van der Waals surface area (Å²) in [5.41, 5.74) is 17.2. The molecule has 0 bridgehead atoms. The molecule has 1 aliphatic carbocycles. The zero-order valence-electron chi connectivity index (χ0n) is 30.9. The highest BCUT2D eigenvalue weighted by atomic mass is 14.9. The molecule has 2 heteroatoms. The van der Waals surface area contributed by atoms with E-state index in [1.54, 1.807) is 0 Å². The Morgan fingerprint density at radius 1 is 0.327 bits per heavy atom. The second kappa shape index (κ2) is 13.2. The van der Waals surface area contributed by atoms with Crippen molar-refractivity contribution in [2.24, 2.45) is 0 Å². The fourth-order valence-corrected chi connectivity index (χ4v) is 8.34. The van der Waals surface area contributed by atoms with Crippen LogP contribution in [-0.2, 0) is 5.41 Å². The maximum absolute atomic E-state index is 5.26. The Morgan fingerprint density at radius 3 is 1.40 bits per heavy atom. The number of nitrogens with zero attached hydrogens (tertiary/aromatic N) is 2. The average Bonchev–Trinajstić information content (AvgIpc) is 3.48. The van der Waals surface area contributed by atoms with Crippen molar-refractivity contribution in [1.82, 2.24) is 9.97 Å². The molecular formula is C53H38N2. The van der Waals surface area contributed by atoms with Gasteiger partial charge in [-0.05, 0) is 90.7 Å². The van der Waals surface area contributed by atoms with Gasteiger partial charge in [0.2, 0.25) is 0 Å². The normalized spacial score (nSPS) is 12.7. The second-order valence-electron chi connectivity index (χ2n) is 15.0. The minimum absolute atomic E-state index is 0.110. The first-order valence-electron chi connectivity index (χ1n) is 19.0. The Kier molecular flexibility index (Phi) is 7.85. The molecule has 0 radical (unpaired) electrons. The third-order valence-corrected chi connectivity index (χ3v) is 11.3. The van der Waals surface area contributed by atoms with Gasteiger partial charge in [-0.25, -0.2) is 9.97 Å². The Morgan fingerprint density at radius 2 is 0.800 bits per heavy atom. The lowest BCUT2D eigenvalue weighted by atomic mass is 9.81. The fraction of sp³-hybridized carbons (Fsp3) is 0.0566. The van der Waals surface area contributed by atoms with Crippen molar-refractivity contribution in [3.63, 3.8) is 0 Å². The summed E-state index contributed by atoms with van der Waals surface area (Å²) >= 11 is 0. The van der Waals surface area contributed by atoms with Crippen LogP contribution in [0, 0.1) is 0 Å². The highest BCUT2D eigenvalue weighted by Gasteiger charge is 2.37. The molecule has 1 heterocycles. The molecule has 8 aromatic carbocycles. The van der Waals surface area contributed by atoms with Gasteiger partial charge < -0.3 is 0 Å². The van der Waals surface area contributed by atoms with Crippen molar-refractivity contribution in [3.8, 4) is 78.4 Å². The Balaban J connectivity index is 1.10. The standard InChI is InChI=1S/C53H38N2/c1-53(2)47-22-12-21-45(51(47)46-32-41-17-9-10-18-42(41)33-48(46)53)43-19-11-20-44(31-43)52-54-49(39-27-23-37(24-28-39)35-13-5-3-6-14-35)34-50(55-52)40-29-25-38(26-30-40)36-15-7-4-8-16-36/h3-34H,1-2H3. The molecule has 260 valence electrons. The molecule has 0 atom stereocenters. The fourth-order valence-electron chi connectivity index (χ4n) is 8.34. The van der Waals surface area contributed by atoms with Gasteiger partial charge in [-0.1, -0.05) is 184 Å². The summed E-state index contributed by atoms with van der Waals surface area (Å²) in [5.74, 6) is 0.702. The van der Waals surface area contributed by atoms with Crippen LogP contribution in [0.1, 0.15) is 25.0 Å². The largest absolute Gasteiger partial charge is 0.228 e. The number of fused-ring (bicyclic) bond motifs is 4. The first-order valence-corrected chi connectivity index (χ1v) is 19.0. The summed E-state index contributed by atoms with van der Waals surface area (Å²) in [5, 5.41) is 2.54. The first-order chi connectivity index (χ1) is 27.0. The highest BCUT2D eigenvalue weighted by Crippen LogP contribution is 2.53. The van der Waals surface area contributed by atoms with E-state index in [4.69, 9.17) is 9.97 Å². The molecule has 1 aliphatic rings. The third kappa shape index (κ3) is 5.84. The maximum Gasteiger partial charge on any atom is 0.160 e. The van der Waals surface area contributed by atoms with Crippen LogP contribution in [-0.4, -0.2) is 9.97 Å². The van der Waals surface area contributed by atoms with E-state index in [0.717, 1.165) is 33.6 Å². The summed E-state index contributed by atoms with van der Waals surface area (Å²) < 4.78 is 0. The molecule has 0 fully saturated rings. The number of hydrogen-bond donors (Lipinski definition) is 0. The lowest BCUT2D eigenvalue weighted by molar-refractivity contribution is 0.661. The predicted octanol–water partition coefficient (Wildman–Crippen LogP) is 13.9. The van der Waals surface area contributed by atoms with Crippen molar-refractivity contribution in [1.29, 1.82) is 0 Å². The van der Waals surface area contributed by atoms with Crippen LogP contribution in [0.5, 0.6) is 0 Å². The van der Waals surface area contributed by atoms with E-state index in [-0.39, 0.29) is 5.41 Å². The van der Waals surface area contributed by atoms with Gasteiger partial charge in [0.25, 0.3) is 0 Å². The zero-order chi connectivity index (χ0) is 36.9. The molecule has 0 saturated carbocycles. The number of aromatic nitrogens is 2. The maximum atomic E-state index is 5.26. The van der Waals surface area contributed by atoms with Crippen molar-refractivity contribution >= 4 is 10.8 Å². The van der Waals surface area contributed by atoms with Gasteiger partial charge in [-0.2, -0.15) is 0 Å². The van der Waals surface area contributed by atoms with Crippen molar-refractivity contribution in [3.05, 3.63) is 205 Å². The van der Waals surface area contributed by atoms with Crippen LogP contribution in [0.2, 0.25) is 0 Å². The number of rotatable bonds is 6. The summed E-state index contributed by atoms with van der Waals surface area (Å²) in [6.07, 6.45) is 0. The zero-order valence-corrected chi connectivity index (χ0v) is 30.9. The van der Waals surface area contributed by atoms with E-state index < -0.39 is 0 Å². The molecular weight excluding hydrogens is 665 g/mol. The predicted molar refractivity (Wildman–Crippen MR) is 230 cm³/mol. The summed E-state index contributed by atoms with van der Waals surface area (Å²) in [4.78, 5) is 10.5. The van der Waals surface area contributed by atoms with Crippen LogP contribution in [0.4, 0.5) is 0 Å². The van der Waals surface area contributed by atoms with Crippen LogP contribution < -0.4 is 0 Å². The molecule has 55 heavy (non-hydrogen) atoms. The number of hydrogen-bond acceptors (Lipinski definition) is 2. The summed E-state index contributed by atoms with van der Waals surface area (Å²) in [6.45, 7) is 4.71. The average molecular weight is 703 g/mol. The van der Waals surface area contributed by atoms with Gasteiger partial charge in [-0.3, -0.25) is 0 Å². The van der Waals surface area contributed by atoms with Gasteiger partial charge in [-0.15, -0.1) is 0 Å². The van der Waals surface area contributed by atoms with Crippen molar-refractivity contribution in [2.45, 2.75) is 19.3 Å². The molecule has 10 rings (SSSR count).